The number of pyridine rings is 1. The largest absolute Gasteiger partial charge is 0.332 e. The van der Waals surface area contributed by atoms with E-state index in [1.807, 2.05) is 19.1 Å². The molecule has 4 heteroatoms. The normalized spacial score (nSPS) is 10.3. The molecule has 13 heavy (non-hydrogen) atoms. The standard InChI is InChI=1S/C9H8ClN3/c1-6-8(13-9(10)12-6)7-2-4-11-5-3-7/h2-5H,1H3,(H,12,13). The van der Waals surface area contributed by atoms with Gasteiger partial charge in [-0.15, -0.1) is 0 Å². The Kier molecular flexibility index (Phi) is 2.02. The van der Waals surface area contributed by atoms with E-state index >= 15 is 0 Å². The van der Waals surface area contributed by atoms with Crippen molar-refractivity contribution >= 4 is 11.6 Å². The summed E-state index contributed by atoms with van der Waals surface area (Å²) in [6.07, 6.45) is 3.47. The fourth-order valence-corrected chi connectivity index (χ4v) is 1.44. The zero-order chi connectivity index (χ0) is 9.26. The average molecular weight is 194 g/mol. The highest BCUT2D eigenvalue weighted by molar-refractivity contribution is 6.28. The van der Waals surface area contributed by atoms with Gasteiger partial charge in [-0.25, -0.2) is 4.98 Å². The summed E-state index contributed by atoms with van der Waals surface area (Å²) in [5.74, 6) is 0. The van der Waals surface area contributed by atoms with Crippen LogP contribution in [0, 0.1) is 6.92 Å². The van der Waals surface area contributed by atoms with Crippen molar-refractivity contribution in [2.45, 2.75) is 6.92 Å². The van der Waals surface area contributed by atoms with E-state index in [9.17, 15) is 0 Å². The highest BCUT2D eigenvalue weighted by atomic mass is 35.5. The van der Waals surface area contributed by atoms with Crippen molar-refractivity contribution < 1.29 is 0 Å². The Morgan fingerprint density at radius 3 is 2.54 bits per heavy atom. The molecule has 0 aliphatic heterocycles. The number of aromatic amines is 1. The van der Waals surface area contributed by atoms with E-state index in [-0.39, 0.29) is 0 Å². The van der Waals surface area contributed by atoms with E-state index < -0.39 is 0 Å². The van der Waals surface area contributed by atoms with Gasteiger partial charge in [0, 0.05) is 23.7 Å². The van der Waals surface area contributed by atoms with Crippen molar-refractivity contribution in [2.75, 3.05) is 0 Å². The minimum Gasteiger partial charge on any atom is -0.332 e. The maximum Gasteiger partial charge on any atom is 0.200 e. The van der Waals surface area contributed by atoms with E-state index in [0.29, 0.717) is 5.28 Å². The molecule has 2 aromatic rings. The summed E-state index contributed by atoms with van der Waals surface area (Å²) in [5, 5.41) is 0.421. The monoisotopic (exact) mass is 193 g/mol. The SMILES string of the molecule is Cc1[nH]c(Cl)nc1-c1ccncc1. The van der Waals surface area contributed by atoms with E-state index in [4.69, 9.17) is 11.6 Å². The van der Waals surface area contributed by atoms with Gasteiger partial charge in [0.2, 0.25) is 5.28 Å². The molecule has 0 aliphatic rings. The zero-order valence-corrected chi connectivity index (χ0v) is 7.84. The number of hydrogen-bond donors (Lipinski definition) is 1. The van der Waals surface area contributed by atoms with Crippen molar-refractivity contribution in [3.8, 4) is 11.3 Å². The van der Waals surface area contributed by atoms with Crippen LogP contribution in [-0.2, 0) is 0 Å². The molecular formula is C9H8ClN3. The third-order valence-electron chi connectivity index (χ3n) is 1.81. The maximum absolute atomic E-state index is 5.73. The smallest absolute Gasteiger partial charge is 0.200 e. The van der Waals surface area contributed by atoms with Gasteiger partial charge in [-0.1, -0.05) is 0 Å². The molecule has 1 N–H and O–H groups in total. The molecule has 0 radical (unpaired) electrons. The molecule has 0 bridgehead atoms. The summed E-state index contributed by atoms with van der Waals surface area (Å²) in [5.41, 5.74) is 2.87. The second kappa shape index (κ2) is 3.18. The number of aryl methyl sites for hydroxylation is 1. The quantitative estimate of drug-likeness (QED) is 0.756. The number of H-pyrrole nitrogens is 1. The molecule has 2 aromatic heterocycles. The fourth-order valence-electron chi connectivity index (χ4n) is 1.21. The molecule has 0 fully saturated rings. The third kappa shape index (κ3) is 1.55. The molecule has 0 aromatic carbocycles. The molecule has 2 heterocycles. The molecule has 0 saturated heterocycles. The first-order valence-corrected chi connectivity index (χ1v) is 4.27. The van der Waals surface area contributed by atoms with Crippen LogP contribution in [-0.4, -0.2) is 15.0 Å². The van der Waals surface area contributed by atoms with E-state index in [0.717, 1.165) is 17.0 Å². The molecular weight excluding hydrogens is 186 g/mol. The fraction of sp³-hybridized carbons (Fsp3) is 0.111. The molecule has 0 atom stereocenters. The van der Waals surface area contributed by atoms with E-state index in [2.05, 4.69) is 15.0 Å². The van der Waals surface area contributed by atoms with Gasteiger partial charge < -0.3 is 4.98 Å². The van der Waals surface area contributed by atoms with Crippen LogP contribution in [0.4, 0.5) is 0 Å². The van der Waals surface area contributed by atoms with Crippen molar-refractivity contribution in [3.63, 3.8) is 0 Å². The first kappa shape index (κ1) is 8.26. The number of nitrogens with zero attached hydrogens (tertiary/aromatic N) is 2. The van der Waals surface area contributed by atoms with Crippen LogP contribution >= 0.6 is 11.6 Å². The number of halogens is 1. The van der Waals surface area contributed by atoms with Gasteiger partial charge in [-0.2, -0.15) is 0 Å². The lowest BCUT2D eigenvalue weighted by molar-refractivity contribution is 1.25. The molecule has 0 unspecified atom stereocenters. The Morgan fingerprint density at radius 2 is 2.00 bits per heavy atom. The van der Waals surface area contributed by atoms with Crippen molar-refractivity contribution in [1.29, 1.82) is 0 Å². The minimum absolute atomic E-state index is 0.421. The number of rotatable bonds is 1. The number of hydrogen-bond acceptors (Lipinski definition) is 2. The highest BCUT2D eigenvalue weighted by Gasteiger charge is 2.06. The number of aromatic nitrogens is 3. The van der Waals surface area contributed by atoms with E-state index in [1.165, 1.54) is 0 Å². The Bertz CT molecular complexity index is 408. The van der Waals surface area contributed by atoms with Gasteiger partial charge in [0.05, 0.1) is 5.69 Å². The van der Waals surface area contributed by atoms with Gasteiger partial charge in [-0.05, 0) is 30.7 Å². The van der Waals surface area contributed by atoms with Crippen LogP contribution in [0.25, 0.3) is 11.3 Å². The topological polar surface area (TPSA) is 41.6 Å². The first-order valence-electron chi connectivity index (χ1n) is 3.90. The van der Waals surface area contributed by atoms with Crippen LogP contribution in [0.3, 0.4) is 0 Å². The Balaban J connectivity index is 2.53. The van der Waals surface area contributed by atoms with Crippen LogP contribution in [0.15, 0.2) is 24.5 Å². The Hall–Kier alpha value is -1.35. The van der Waals surface area contributed by atoms with Gasteiger partial charge >= 0.3 is 0 Å². The Morgan fingerprint density at radius 1 is 1.31 bits per heavy atom. The second-order valence-electron chi connectivity index (χ2n) is 2.74. The number of nitrogens with one attached hydrogen (secondary N) is 1. The Labute approximate surface area is 80.8 Å². The molecule has 2 rings (SSSR count). The molecule has 0 aliphatic carbocycles. The summed E-state index contributed by atoms with van der Waals surface area (Å²) in [7, 11) is 0. The van der Waals surface area contributed by atoms with Gasteiger partial charge in [-0.3, -0.25) is 4.98 Å². The van der Waals surface area contributed by atoms with E-state index in [1.54, 1.807) is 12.4 Å². The highest BCUT2D eigenvalue weighted by Crippen LogP contribution is 2.21. The molecule has 66 valence electrons. The summed E-state index contributed by atoms with van der Waals surface area (Å²) in [6.45, 7) is 1.94. The van der Waals surface area contributed by atoms with Gasteiger partial charge in [0.1, 0.15) is 0 Å². The average Bonchev–Trinajstić information content (AvgIpc) is 2.47. The van der Waals surface area contributed by atoms with Crippen LogP contribution in [0.5, 0.6) is 0 Å². The molecule has 0 saturated carbocycles. The molecule has 3 nitrogen and oxygen atoms in total. The zero-order valence-electron chi connectivity index (χ0n) is 7.08. The second-order valence-corrected chi connectivity index (χ2v) is 3.10. The summed E-state index contributed by atoms with van der Waals surface area (Å²) in [6, 6.07) is 3.80. The lowest BCUT2D eigenvalue weighted by atomic mass is 10.2. The van der Waals surface area contributed by atoms with Crippen LogP contribution < -0.4 is 0 Å². The lowest BCUT2D eigenvalue weighted by Crippen LogP contribution is -1.80. The van der Waals surface area contributed by atoms with Gasteiger partial charge in [0.25, 0.3) is 0 Å². The van der Waals surface area contributed by atoms with Crippen molar-refractivity contribution in [1.82, 2.24) is 15.0 Å². The van der Waals surface area contributed by atoms with Gasteiger partial charge in [0.15, 0.2) is 0 Å². The lowest BCUT2D eigenvalue weighted by Gasteiger charge is -1.95. The minimum atomic E-state index is 0.421. The third-order valence-corrected chi connectivity index (χ3v) is 1.99. The summed E-state index contributed by atoms with van der Waals surface area (Å²) >= 11 is 5.73. The summed E-state index contributed by atoms with van der Waals surface area (Å²) < 4.78 is 0. The van der Waals surface area contributed by atoms with Crippen LogP contribution in [0.1, 0.15) is 5.69 Å². The van der Waals surface area contributed by atoms with Crippen molar-refractivity contribution in [3.05, 3.63) is 35.5 Å². The predicted octanol–water partition coefficient (Wildman–Crippen LogP) is 2.43. The summed E-state index contributed by atoms with van der Waals surface area (Å²) in [4.78, 5) is 11.0. The predicted molar refractivity (Wildman–Crippen MR) is 51.6 cm³/mol. The number of imidazole rings is 1. The van der Waals surface area contributed by atoms with Crippen molar-refractivity contribution in [2.24, 2.45) is 0 Å². The first-order chi connectivity index (χ1) is 6.27. The molecule has 0 amide bonds. The maximum atomic E-state index is 5.73. The van der Waals surface area contributed by atoms with Crippen LogP contribution in [0.2, 0.25) is 5.28 Å². The molecule has 0 spiro atoms.